The Morgan fingerprint density at radius 3 is 2.41 bits per heavy atom. The Bertz CT molecular complexity index is 1420. The van der Waals surface area contributed by atoms with Crippen LogP contribution >= 0.6 is 23.2 Å². The fourth-order valence-electron chi connectivity index (χ4n) is 3.96. The van der Waals surface area contributed by atoms with Gasteiger partial charge in [-0.05, 0) is 61.0 Å². The molecule has 0 aliphatic rings. The molecule has 0 aliphatic heterocycles. The lowest BCUT2D eigenvalue weighted by Gasteiger charge is -2.29. The van der Waals surface area contributed by atoms with Gasteiger partial charge in [-0.1, -0.05) is 42.3 Å². The Kier molecular flexibility index (Phi) is 6.91. The van der Waals surface area contributed by atoms with Gasteiger partial charge in [0.1, 0.15) is 11.6 Å². The van der Waals surface area contributed by atoms with Gasteiger partial charge in [0.2, 0.25) is 0 Å². The summed E-state index contributed by atoms with van der Waals surface area (Å²) in [5, 5.41) is 1.17. The van der Waals surface area contributed by atoms with Gasteiger partial charge in [-0.25, -0.2) is 4.98 Å². The van der Waals surface area contributed by atoms with Crippen LogP contribution in [0, 0.1) is 0 Å². The van der Waals surface area contributed by atoms with Crippen LogP contribution in [0.25, 0.3) is 16.6 Å². The number of carbonyl (C=O) groups is 1. The molecule has 34 heavy (non-hydrogen) atoms. The number of fused-ring (bicyclic) bond motifs is 1. The molecule has 4 rings (SSSR count). The Labute approximate surface area is 207 Å². The molecule has 0 bridgehead atoms. The van der Waals surface area contributed by atoms with Crippen LogP contribution in [0.15, 0.2) is 71.5 Å². The summed E-state index contributed by atoms with van der Waals surface area (Å²) in [4.78, 5) is 33.4. The van der Waals surface area contributed by atoms with Crippen LogP contribution in [0.2, 0.25) is 10.0 Å². The van der Waals surface area contributed by atoms with Gasteiger partial charge in [-0.2, -0.15) is 0 Å². The zero-order chi connectivity index (χ0) is 24.4. The van der Waals surface area contributed by atoms with E-state index in [1.807, 2.05) is 13.0 Å². The first kappa shape index (κ1) is 23.8. The number of benzene rings is 3. The molecule has 0 saturated carbocycles. The van der Waals surface area contributed by atoms with Crippen molar-refractivity contribution in [2.75, 3.05) is 14.2 Å². The minimum Gasteiger partial charge on any atom is -0.497 e. The molecular weight excluding hydrogens is 473 g/mol. The highest BCUT2D eigenvalue weighted by Crippen LogP contribution is 2.28. The maximum absolute atomic E-state index is 13.6. The fraction of sp³-hybridized carbons (Fsp3) is 0.192. The van der Waals surface area contributed by atoms with Gasteiger partial charge in [0.05, 0.1) is 39.8 Å². The number of halogens is 2. The summed E-state index contributed by atoms with van der Waals surface area (Å²) in [6.45, 7) is 1.95. The summed E-state index contributed by atoms with van der Waals surface area (Å²) >= 11 is 12.2. The second-order valence-electron chi connectivity index (χ2n) is 7.79. The molecule has 1 heterocycles. The maximum Gasteiger partial charge on any atom is 0.266 e. The molecule has 6 nitrogen and oxygen atoms in total. The van der Waals surface area contributed by atoms with Crippen molar-refractivity contribution in [3.05, 3.63) is 98.5 Å². The van der Waals surface area contributed by atoms with E-state index < -0.39 is 6.04 Å². The number of amides is 1. The van der Waals surface area contributed by atoms with Crippen molar-refractivity contribution >= 4 is 40.0 Å². The van der Waals surface area contributed by atoms with Gasteiger partial charge in [-0.3, -0.25) is 14.2 Å². The molecule has 4 aromatic rings. The smallest absolute Gasteiger partial charge is 0.266 e. The highest BCUT2D eigenvalue weighted by molar-refractivity contribution is 6.42. The van der Waals surface area contributed by atoms with E-state index in [0.29, 0.717) is 50.2 Å². The third-order valence-corrected chi connectivity index (χ3v) is 6.51. The number of hydrogen-bond acceptors (Lipinski definition) is 4. The van der Waals surface area contributed by atoms with Gasteiger partial charge in [-0.15, -0.1) is 0 Å². The molecule has 0 spiro atoms. The summed E-state index contributed by atoms with van der Waals surface area (Å²) < 4.78 is 6.83. The molecule has 1 aromatic heterocycles. The number of carbonyl (C=O) groups excluding carboxylic acids is 1. The number of nitrogens with zero attached hydrogens (tertiary/aromatic N) is 3. The SMILES string of the molecule is CCC(c1nc2ccccc2c(=O)n1-c1ccc(OC)cc1)N(C)C(=O)c1ccc(Cl)c(Cl)c1. The molecule has 1 atom stereocenters. The summed E-state index contributed by atoms with van der Waals surface area (Å²) in [6.07, 6.45) is 0.532. The fourth-order valence-corrected chi connectivity index (χ4v) is 4.26. The molecule has 0 radical (unpaired) electrons. The molecule has 1 unspecified atom stereocenters. The quantitative estimate of drug-likeness (QED) is 0.332. The van der Waals surface area contributed by atoms with Crippen LogP contribution < -0.4 is 10.3 Å². The number of methoxy groups -OCH3 is 1. The molecule has 1 amide bonds. The molecule has 174 valence electrons. The Hall–Kier alpha value is -3.35. The lowest BCUT2D eigenvalue weighted by molar-refractivity contribution is 0.0717. The van der Waals surface area contributed by atoms with E-state index >= 15 is 0 Å². The third kappa shape index (κ3) is 4.39. The van der Waals surface area contributed by atoms with Crippen molar-refractivity contribution in [2.24, 2.45) is 0 Å². The van der Waals surface area contributed by atoms with Crippen LogP contribution in [0.4, 0.5) is 0 Å². The van der Waals surface area contributed by atoms with E-state index in [1.165, 1.54) is 0 Å². The van der Waals surface area contributed by atoms with Gasteiger partial charge >= 0.3 is 0 Å². The number of aromatic nitrogens is 2. The van der Waals surface area contributed by atoms with Crippen LogP contribution in [-0.4, -0.2) is 34.5 Å². The second-order valence-corrected chi connectivity index (χ2v) is 8.61. The molecule has 8 heteroatoms. The van der Waals surface area contributed by atoms with Crippen LogP contribution in [0.3, 0.4) is 0 Å². The highest BCUT2D eigenvalue weighted by atomic mass is 35.5. The van der Waals surface area contributed by atoms with Crippen LogP contribution in [0.1, 0.15) is 35.6 Å². The van der Waals surface area contributed by atoms with Gasteiger partial charge in [0.15, 0.2) is 0 Å². The third-order valence-electron chi connectivity index (χ3n) is 5.77. The normalized spacial score (nSPS) is 11.9. The van der Waals surface area contributed by atoms with E-state index in [4.69, 9.17) is 32.9 Å². The maximum atomic E-state index is 13.6. The molecule has 0 aliphatic carbocycles. The average molecular weight is 496 g/mol. The zero-order valence-electron chi connectivity index (χ0n) is 19.0. The van der Waals surface area contributed by atoms with Crippen LogP contribution in [0.5, 0.6) is 5.75 Å². The molecule has 0 saturated heterocycles. The first-order valence-corrected chi connectivity index (χ1v) is 11.5. The van der Waals surface area contributed by atoms with Crippen molar-refractivity contribution in [1.29, 1.82) is 0 Å². The van der Waals surface area contributed by atoms with Crippen molar-refractivity contribution in [1.82, 2.24) is 14.5 Å². The molecule has 0 N–H and O–H groups in total. The zero-order valence-corrected chi connectivity index (χ0v) is 20.5. The first-order chi connectivity index (χ1) is 16.3. The summed E-state index contributed by atoms with van der Waals surface area (Å²) in [7, 11) is 3.28. The lowest BCUT2D eigenvalue weighted by Crippen LogP contribution is -2.36. The first-order valence-electron chi connectivity index (χ1n) is 10.7. The number of ether oxygens (including phenoxy) is 1. The topological polar surface area (TPSA) is 64.4 Å². The largest absolute Gasteiger partial charge is 0.497 e. The predicted molar refractivity (Wildman–Crippen MR) is 135 cm³/mol. The Morgan fingerprint density at radius 2 is 1.76 bits per heavy atom. The standard InChI is InChI=1S/C26H23Cl2N3O3/c1-4-23(30(2)25(32)16-9-14-20(27)21(28)15-16)24-29-22-8-6-5-7-19(22)26(33)31(24)17-10-12-18(34-3)13-11-17/h5-15,23H,4H2,1-3H3. The van der Waals surface area contributed by atoms with E-state index in [1.54, 1.807) is 84.3 Å². The van der Waals surface area contributed by atoms with Gasteiger partial charge in [0.25, 0.3) is 11.5 Å². The number of rotatable bonds is 6. The van der Waals surface area contributed by atoms with E-state index in [0.717, 1.165) is 0 Å². The predicted octanol–water partition coefficient (Wildman–Crippen LogP) is 5.92. The summed E-state index contributed by atoms with van der Waals surface area (Å²) in [5.74, 6) is 0.882. The van der Waals surface area contributed by atoms with Crippen molar-refractivity contribution < 1.29 is 9.53 Å². The van der Waals surface area contributed by atoms with E-state index in [9.17, 15) is 9.59 Å². The highest BCUT2D eigenvalue weighted by Gasteiger charge is 2.27. The van der Waals surface area contributed by atoms with Crippen LogP contribution in [-0.2, 0) is 0 Å². The summed E-state index contributed by atoms with van der Waals surface area (Å²) in [5.41, 5.74) is 1.39. The number of hydrogen-bond donors (Lipinski definition) is 0. The van der Waals surface area contributed by atoms with Crippen molar-refractivity contribution in [3.63, 3.8) is 0 Å². The van der Waals surface area contributed by atoms with E-state index in [2.05, 4.69) is 0 Å². The Balaban J connectivity index is 1.88. The monoisotopic (exact) mass is 495 g/mol. The molecule has 0 fully saturated rings. The van der Waals surface area contributed by atoms with E-state index in [-0.39, 0.29) is 11.5 Å². The lowest BCUT2D eigenvalue weighted by atomic mass is 10.1. The van der Waals surface area contributed by atoms with Gasteiger partial charge < -0.3 is 9.64 Å². The second kappa shape index (κ2) is 9.87. The van der Waals surface area contributed by atoms with Crippen molar-refractivity contribution in [2.45, 2.75) is 19.4 Å². The molecule has 3 aromatic carbocycles. The summed E-state index contributed by atoms with van der Waals surface area (Å²) in [6, 6.07) is 18.6. The van der Waals surface area contributed by atoms with Gasteiger partial charge in [0, 0.05) is 12.6 Å². The molecular formula is C26H23Cl2N3O3. The van der Waals surface area contributed by atoms with Crippen molar-refractivity contribution in [3.8, 4) is 11.4 Å². The number of para-hydroxylation sites is 1. The minimum atomic E-state index is -0.485. The minimum absolute atomic E-state index is 0.209. The Morgan fingerprint density at radius 1 is 1.06 bits per heavy atom. The average Bonchev–Trinajstić information content (AvgIpc) is 2.86.